The summed E-state index contributed by atoms with van der Waals surface area (Å²) >= 11 is 0. The van der Waals surface area contributed by atoms with Crippen LogP contribution in [0.5, 0.6) is 5.75 Å². The molecule has 0 bridgehead atoms. The number of nitrogens with zero attached hydrogens (tertiary/aromatic N) is 1. The fourth-order valence-corrected chi connectivity index (χ4v) is 4.18. The van der Waals surface area contributed by atoms with Gasteiger partial charge in [0, 0.05) is 19.9 Å². The molecule has 1 aliphatic carbocycles. The molecule has 0 aliphatic heterocycles. The number of nitrogens with one attached hydrogen (secondary N) is 1. The fourth-order valence-electron chi connectivity index (χ4n) is 3.02. The summed E-state index contributed by atoms with van der Waals surface area (Å²) in [5, 5.41) is 2.59. The van der Waals surface area contributed by atoms with Crippen LogP contribution in [0.2, 0.25) is 0 Å². The molecule has 0 radical (unpaired) electrons. The second-order valence-electron chi connectivity index (χ2n) is 6.93. The van der Waals surface area contributed by atoms with Gasteiger partial charge < -0.3 is 14.5 Å². The minimum absolute atomic E-state index is 0.0668. The zero-order valence-corrected chi connectivity index (χ0v) is 16.7. The summed E-state index contributed by atoms with van der Waals surface area (Å²) in [7, 11) is -0.806. The fraction of sp³-hybridized carbons (Fsp3) is 0.421. The van der Waals surface area contributed by atoms with Crippen LogP contribution < -0.4 is 10.1 Å². The Morgan fingerprint density at radius 2 is 2.04 bits per heavy atom. The van der Waals surface area contributed by atoms with Crippen molar-refractivity contribution in [1.82, 2.24) is 4.31 Å². The summed E-state index contributed by atoms with van der Waals surface area (Å²) in [6.07, 6.45) is 1.11. The van der Waals surface area contributed by atoms with E-state index >= 15 is 0 Å². The number of anilines is 1. The van der Waals surface area contributed by atoms with Gasteiger partial charge in [0.15, 0.2) is 0 Å². The van der Waals surface area contributed by atoms with Gasteiger partial charge >= 0.3 is 0 Å². The van der Waals surface area contributed by atoms with Crippen molar-refractivity contribution in [2.45, 2.75) is 37.6 Å². The van der Waals surface area contributed by atoms with Crippen molar-refractivity contribution in [1.29, 1.82) is 0 Å². The molecule has 1 amide bonds. The van der Waals surface area contributed by atoms with Crippen molar-refractivity contribution in [3.8, 4) is 5.75 Å². The van der Waals surface area contributed by atoms with Crippen LogP contribution in [0, 0.1) is 5.92 Å². The van der Waals surface area contributed by atoms with E-state index in [2.05, 4.69) is 12.2 Å². The summed E-state index contributed by atoms with van der Waals surface area (Å²) < 4.78 is 38.0. The largest absolute Gasteiger partial charge is 0.495 e. The predicted octanol–water partition coefficient (Wildman–Crippen LogP) is 3.19. The number of carbonyl (C=O) groups is 1. The van der Waals surface area contributed by atoms with E-state index in [-0.39, 0.29) is 17.3 Å². The molecule has 146 valence electrons. The molecule has 27 heavy (non-hydrogen) atoms. The highest BCUT2D eigenvalue weighted by Crippen LogP contribution is 2.47. The molecule has 1 saturated carbocycles. The predicted molar refractivity (Wildman–Crippen MR) is 101 cm³/mol. The maximum atomic E-state index is 12.9. The number of rotatable bonds is 7. The SMILES string of the molecule is COc1ccc(S(=O)(=O)N(C)Cc2ccc([C@@H]3C[C@@H]3C)o2)cc1NC(C)=O. The minimum atomic E-state index is -3.76. The quantitative estimate of drug-likeness (QED) is 0.782. The lowest BCUT2D eigenvalue weighted by Crippen LogP contribution is -2.26. The van der Waals surface area contributed by atoms with Gasteiger partial charge in [-0.3, -0.25) is 4.79 Å². The summed E-state index contributed by atoms with van der Waals surface area (Å²) in [6, 6.07) is 8.11. The van der Waals surface area contributed by atoms with Gasteiger partial charge in [-0.15, -0.1) is 0 Å². The molecule has 2 aromatic rings. The first-order valence-electron chi connectivity index (χ1n) is 8.73. The van der Waals surface area contributed by atoms with Crippen LogP contribution in [0.25, 0.3) is 0 Å². The molecular weight excluding hydrogens is 368 g/mol. The molecule has 3 rings (SSSR count). The highest BCUT2D eigenvalue weighted by atomic mass is 32.2. The number of benzene rings is 1. The first-order chi connectivity index (χ1) is 12.7. The molecule has 0 spiro atoms. The topological polar surface area (TPSA) is 88.8 Å². The number of ether oxygens (including phenoxy) is 1. The third-order valence-corrected chi connectivity index (χ3v) is 6.53. The molecule has 1 heterocycles. The Labute approximate surface area is 159 Å². The average Bonchev–Trinajstić information content (AvgIpc) is 3.15. The monoisotopic (exact) mass is 392 g/mol. The number of hydrogen-bond acceptors (Lipinski definition) is 5. The van der Waals surface area contributed by atoms with Crippen LogP contribution in [-0.2, 0) is 21.4 Å². The van der Waals surface area contributed by atoms with Crippen molar-refractivity contribution in [3.05, 3.63) is 41.9 Å². The van der Waals surface area contributed by atoms with Gasteiger partial charge in [-0.05, 0) is 42.7 Å². The van der Waals surface area contributed by atoms with Crippen molar-refractivity contribution < 1.29 is 22.4 Å². The van der Waals surface area contributed by atoms with Gasteiger partial charge in [-0.1, -0.05) is 6.92 Å². The van der Waals surface area contributed by atoms with E-state index in [4.69, 9.17) is 9.15 Å². The average molecular weight is 392 g/mol. The molecule has 1 fully saturated rings. The van der Waals surface area contributed by atoms with E-state index in [9.17, 15) is 13.2 Å². The maximum absolute atomic E-state index is 12.9. The number of carbonyl (C=O) groups excluding carboxylic acids is 1. The standard InChI is InChI=1S/C19H24N2O5S/c1-12-9-16(12)18-7-5-14(26-18)11-21(3)27(23,24)15-6-8-19(25-4)17(10-15)20-13(2)22/h5-8,10,12,16H,9,11H2,1-4H3,(H,20,22)/t12-,16+/m0/s1. The number of hydrogen-bond donors (Lipinski definition) is 1. The lowest BCUT2D eigenvalue weighted by Gasteiger charge is -2.17. The number of methoxy groups -OCH3 is 1. The molecule has 0 saturated heterocycles. The molecule has 1 N–H and O–H groups in total. The van der Waals surface area contributed by atoms with Gasteiger partial charge in [-0.2, -0.15) is 4.31 Å². The third kappa shape index (κ3) is 4.17. The zero-order valence-electron chi connectivity index (χ0n) is 15.9. The van der Waals surface area contributed by atoms with Crippen molar-refractivity contribution in [2.24, 2.45) is 5.92 Å². The Bertz CT molecular complexity index is 951. The van der Waals surface area contributed by atoms with E-state index in [0.717, 1.165) is 12.2 Å². The Morgan fingerprint density at radius 3 is 2.63 bits per heavy atom. The molecule has 0 unspecified atom stereocenters. The Hall–Kier alpha value is -2.32. The van der Waals surface area contributed by atoms with Crippen LogP contribution in [0.1, 0.15) is 37.7 Å². The number of furan rings is 1. The Kier molecular flexibility index (Phi) is 5.30. The maximum Gasteiger partial charge on any atom is 0.243 e. The highest BCUT2D eigenvalue weighted by molar-refractivity contribution is 7.89. The second-order valence-corrected chi connectivity index (χ2v) is 8.97. The molecule has 7 nitrogen and oxygen atoms in total. The van der Waals surface area contributed by atoms with Crippen LogP contribution in [0.4, 0.5) is 5.69 Å². The first kappa shape index (κ1) is 19.4. The van der Waals surface area contributed by atoms with E-state index in [0.29, 0.717) is 29.0 Å². The molecule has 8 heteroatoms. The molecule has 2 atom stereocenters. The lowest BCUT2D eigenvalue weighted by atomic mass is 10.3. The van der Waals surface area contributed by atoms with Crippen LogP contribution in [0.3, 0.4) is 0 Å². The molecule has 1 aromatic carbocycles. The van der Waals surface area contributed by atoms with Crippen molar-refractivity contribution in [2.75, 3.05) is 19.5 Å². The number of sulfonamides is 1. The molecule has 1 aliphatic rings. The summed E-state index contributed by atoms with van der Waals surface area (Å²) in [6.45, 7) is 3.65. The second kappa shape index (κ2) is 7.36. The van der Waals surface area contributed by atoms with Crippen LogP contribution >= 0.6 is 0 Å². The summed E-state index contributed by atoms with van der Waals surface area (Å²) in [5.74, 6) is 2.67. The van der Waals surface area contributed by atoms with Crippen LogP contribution in [0.15, 0.2) is 39.6 Å². The summed E-state index contributed by atoms with van der Waals surface area (Å²) in [5.41, 5.74) is 0.308. The first-order valence-corrected chi connectivity index (χ1v) is 10.2. The Morgan fingerprint density at radius 1 is 1.33 bits per heavy atom. The van der Waals surface area contributed by atoms with E-state index in [1.165, 1.54) is 43.6 Å². The van der Waals surface area contributed by atoms with E-state index in [1.54, 1.807) is 0 Å². The van der Waals surface area contributed by atoms with E-state index < -0.39 is 10.0 Å². The highest BCUT2D eigenvalue weighted by Gasteiger charge is 2.36. The van der Waals surface area contributed by atoms with E-state index in [1.807, 2.05) is 12.1 Å². The molecular formula is C19H24N2O5S. The smallest absolute Gasteiger partial charge is 0.243 e. The van der Waals surface area contributed by atoms with Gasteiger partial charge in [0.2, 0.25) is 15.9 Å². The van der Waals surface area contributed by atoms with Crippen molar-refractivity contribution >= 4 is 21.6 Å². The lowest BCUT2D eigenvalue weighted by molar-refractivity contribution is -0.114. The van der Waals surface area contributed by atoms with Gasteiger partial charge in [0.05, 0.1) is 24.2 Å². The van der Waals surface area contributed by atoms with Gasteiger partial charge in [0.1, 0.15) is 17.3 Å². The van der Waals surface area contributed by atoms with Crippen molar-refractivity contribution in [3.63, 3.8) is 0 Å². The minimum Gasteiger partial charge on any atom is -0.495 e. The normalized spacial score (nSPS) is 19.1. The summed E-state index contributed by atoms with van der Waals surface area (Å²) in [4.78, 5) is 11.4. The molecule has 1 aromatic heterocycles. The van der Waals surface area contributed by atoms with Gasteiger partial charge in [-0.25, -0.2) is 8.42 Å². The third-order valence-electron chi connectivity index (χ3n) is 4.73. The zero-order chi connectivity index (χ0) is 19.8. The van der Waals surface area contributed by atoms with Crippen LogP contribution in [-0.4, -0.2) is 32.8 Å². The Balaban J connectivity index is 1.80. The van der Waals surface area contributed by atoms with Gasteiger partial charge in [0.25, 0.3) is 0 Å². The number of amides is 1.